The lowest BCUT2D eigenvalue weighted by molar-refractivity contribution is 0.258. The highest BCUT2D eigenvalue weighted by atomic mass is 32.2. The number of aliphatic hydroxyl groups excluding tert-OH is 1. The van der Waals surface area contributed by atoms with E-state index in [1.54, 1.807) is 11.8 Å². The third-order valence-electron chi connectivity index (χ3n) is 2.58. The second-order valence-corrected chi connectivity index (χ2v) is 8.57. The maximum atomic E-state index is 12.1. The Balaban J connectivity index is 2.74. The number of hydrogen-bond donors (Lipinski definition) is 2. The van der Waals surface area contributed by atoms with Gasteiger partial charge in [-0.05, 0) is 44.2 Å². The van der Waals surface area contributed by atoms with Crippen molar-refractivity contribution in [3.05, 3.63) is 29.8 Å². The quantitative estimate of drug-likeness (QED) is 0.626. The van der Waals surface area contributed by atoms with E-state index in [-0.39, 0.29) is 17.4 Å². The lowest BCUT2D eigenvalue weighted by atomic mass is 10.1. The van der Waals surface area contributed by atoms with Crippen molar-refractivity contribution in [2.24, 2.45) is 0 Å². The molecule has 0 bridgehead atoms. The first kappa shape index (κ1) is 16.9. The monoisotopic (exact) mass is 301 g/mol. The Labute approximate surface area is 123 Å². The van der Waals surface area contributed by atoms with Crippen molar-refractivity contribution in [3.63, 3.8) is 0 Å². The van der Waals surface area contributed by atoms with Crippen molar-refractivity contribution in [1.29, 1.82) is 0 Å². The van der Waals surface area contributed by atoms with E-state index in [0.717, 1.165) is 11.3 Å². The minimum absolute atomic E-state index is 0.0674. The van der Waals surface area contributed by atoms with Gasteiger partial charge < -0.3 is 9.66 Å². The molecule has 1 aromatic rings. The van der Waals surface area contributed by atoms with E-state index < -0.39 is 11.4 Å². The van der Waals surface area contributed by atoms with Crippen molar-refractivity contribution in [1.82, 2.24) is 4.72 Å². The SMILES string of the molecule is CCSc1ccc(C(CO)N[S+]([O-])C(C)(C)C)cc1. The predicted octanol–water partition coefficient (Wildman–Crippen LogP) is 2.88. The van der Waals surface area contributed by atoms with Crippen LogP contribution in [-0.2, 0) is 11.4 Å². The second-order valence-electron chi connectivity index (χ2n) is 5.24. The van der Waals surface area contributed by atoms with Gasteiger partial charge in [-0.25, -0.2) is 0 Å². The van der Waals surface area contributed by atoms with E-state index in [4.69, 9.17) is 0 Å². The van der Waals surface area contributed by atoms with E-state index in [0.29, 0.717) is 0 Å². The van der Waals surface area contributed by atoms with Gasteiger partial charge in [0.2, 0.25) is 0 Å². The van der Waals surface area contributed by atoms with Crippen molar-refractivity contribution >= 4 is 23.1 Å². The van der Waals surface area contributed by atoms with Gasteiger partial charge in [-0.3, -0.25) is 0 Å². The molecule has 0 radical (unpaired) electrons. The standard InChI is InChI=1S/C14H23NO2S2/c1-5-18-12-8-6-11(7-9-12)13(10-16)15-19(17)14(2,3)4/h6-9,13,15-16H,5,10H2,1-4H3. The highest BCUT2D eigenvalue weighted by Gasteiger charge is 2.29. The molecular weight excluding hydrogens is 278 g/mol. The van der Waals surface area contributed by atoms with Crippen LogP contribution in [0.15, 0.2) is 29.2 Å². The molecule has 0 aliphatic heterocycles. The van der Waals surface area contributed by atoms with Crippen molar-refractivity contribution in [2.45, 2.75) is 43.4 Å². The Bertz CT molecular complexity index is 376. The third-order valence-corrected chi connectivity index (χ3v) is 5.09. The van der Waals surface area contributed by atoms with Crippen LogP contribution in [0.2, 0.25) is 0 Å². The van der Waals surface area contributed by atoms with Gasteiger partial charge in [-0.1, -0.05) is 19.1 Å². The summed E-state index contributed by atoms with van der Waals surface area (Å²) in [5, 5.41) is 9.46. The van der Waals surface area contributed by atoms with Gasteiger partial charge in [-0.2, -0.15) is 0 Å². The summed E-state index contributed by atoms with van der Waals surface area (Å²) in [5.74, 6) is 1.04. The lowest BCUT2D eigenvalue weighted by Gasteiger charge is -2.27. The molecule has 0 amide bonds. The fourth-order valence-corrected chi connectivity index (χ4v) is 2.96. The van der Waals surface area contributed by atoms with E-state index in [2.05, 4.69) is 11.6 Å². The van der Waals surface area contributed by atoms with Crippen molar-refractivity contribution in [2.75, 3.05) is 12.4 Å². The molecule has 0 aliphatic carbocycles. The largest absolute Gasteiger partial charge is 0.598 e. The van der Waals surface area contributed by atoms with Crippen LogP contribution < -0.4 is 4.72 Å². The van der Waals surface area contributed by atoms with Crippen LogP contribution in [0.4, 0.5) is 0 Å². The maximum absolute atomic E-state index is 12.1. The molecule has 2 N–H and O–H groups in total. The minimum Gasteiger partial charge on any atom is -0.598 e. The average molecular weight is 301 g/mol. The molecule has 0 spiro atoms. The zero-order chi connectivity index (χ0) is 14.5. The van der Waals surface area contributed by atoms with Gasteiger partial charge in [0.25, 0.3) is 0 Å². The zero-order valence-corrected chi connectivity index (χ0v) is 13.6. The summed E-state index contributed by atoms with van der Waals surface area (Å²) in [7, 11) is 0. The van der Waals surface area contributed by atoms with Crippen LogP contribution in [0.1, 0.15) is 39.3 Å². The molecule has 0 saturated carbocycles. The van der Waals surface area contributed by atoms with Crippen molar-refractivity contribution < 1.29 is 9.66 Å². The molecule has 1 rings (SSSR count). The first-order chi connectivity index (χ1) is 8.88. The number of hydrogen-bond acceptors (Lipinski definition) is 4. The molecule has 0 fully saturated rings. The summed E-state index contributed by atoms with van der Waals surface area (Å²) in [5.41, 5.74) is 0.959. The molecule has 19 heavy (non-hydrogen) atoms. The minimum atomic E-state index is -1.19. The highest BCUT2D eigenvalue weighted by Crippen LogP contribution is 2.23. The van der Waals surface area contributed by atoms with Crippen LogP contribution >= 0.6 is 11.8 Å². The molecule has 5 heteroatoms. The summed E-state index contributed by atoms with van der Waals surface area (Å²) in [6, 6.07) is 7.74. The number of rotatable bonds is 6. The van der Waals surface area contributed by atoms with Gasteiger partial charge >= 0.3 is 0 Å². The molecule has 0 heterocycles. The topological polar surface area (TPSA) is 55.3 Å². The smallest absolute Gasteiger partial charge is 0.136 e. The molecule has 1 aromatic carbocycles. The molecule has 0 saturated heterocycles. The van der Waals surface area contributed by atoms with E-state index in [9.17, 15) is 9.66 Å². The highest BCUT2D eigenvalue weighted by molar-refractivity contribution is 7.99. The van der Waals surface area contributed by atoms with Gasteiger partial charge in [-0.15, -0.1) is 16.5 Å². The molecule has 108 valence electrons. The Morgan fingerprint density at radius 1 is 1.32 bits per heavy atom. The van der Waals surface area contributed by atoms with Crippen LogP contribution in [0.3, 0.4) is 0 Å². The Morgan fingerprint density at radius 3 is 2.32 bits per heavy atom. The van der Waals surface area contributed by atoms with E-state index >= 15 is 0 Å². The Kier molecular flexibility index (Phi) is 6.69. The summed E-state index contributed by atoms with van der Waals surface area (Å²) < 4.78 is 14.7. The Hall–Kier alpha value is -0.200. The van der Waals surface area contributed by atoms with E-state index in [1.165, 1.54) is 4.90 Å². The molecule has 2 unspecified atom stereocenters. The molecule has 0 aliphatic rings. The normalized spacial score (nSPS) is 15.3. The third kappa shape index (κ3) is 5.36. The summed E-state index contributed by atoms with van der Waals surface area (Å²) >= 11 is 0.587. The fraction of sp³-hybridized carbons (Fsp3) is 0.571. The first-order valence-electron chi connectivity index (χ1n) is 6.40. The second kappa shape index (κ2) is 7.55. The van der Waals surface area contributed by atoms with Crippen LogP contribution in [0, 0.1) is 0 Å². The number of aliphatic hydroxyl groups is 1. The van der Waals surface area contributed by atoms with Crippen LogP contribution in [0.25, 0.3) is 0 Å². The average Bonchev–Trinajstić information content (AvgIpc) is 2.36. The molecule has 0 aromatic heterocycles. The lowest BCUT2D eigenvalue weighted by Crippen LogP contribution is -2.42. The predicted molar refractivity (Wildman–Crippen MR) is 83.7 cm³/mol. The fourth-order valence-electron chi connectivity index (χ4n) is 1.48. The summed E-state index contributed by atoms with van der Waals surface area (Å²) in [6.07, 6.45) is 0. The summed E-state index contributed by atoms with van der Waals surface area (Å²) in [4.78, 5) is 1.21. The number of benzene rings is 1. The first-order valence-corrected chi connectivity index (χ1v) is 8.53. The van der Waals surface area contributed by atoms with Gasteiger partial charge in [0, 0.05) is 16.3 Å². The van der Waals surface area contributed by atoms with Gasteiger partial charge in [0.05, 0.1) is 6.61 Å². The van der Waals surface area contributed by atoms with Crippen LogP contribution in [0.5, 0.6) is 0 Å². The maximum Gasteiger partial charge on any atom is 0.136 e. The zero-order valence-electron chi connectivity index (χ0n) is 12.0. The van der Waals surface area contributed by atoms with Gasteiger partial charge in [0.15, 0.2) is 0 Å². The van der Waals surface area contributed by atoms with Crippen LogP contribution in [-0.4, -0.2) is 26.8 Å². The number of nitrogens with one attached hydrogen (secondary N) is 1. The summed E-state index contributed by atoms with van der Waals surface area (Å²) in [6.45, 7) is 7.77. The van der Waals surface area contributed by atoms with E-state index in [1.807, 2.05) is 45.0 Å². The number of thioether (sulfide) groups is 1. The molecular formula is C14H23NO2S2. The Morgan fingerprint density at radius 2 is 1.89 bits per heavy atom. The molecule has 3 nitrogen and oxygen atoms in total. The molecule has 2 atom stereocenters. The van der Waals surface area contributed by atoms with Gasteiger partial charge in [0.1, 0.15) is 10.8 Å². The van der Waals surface area contributed by atoms with Crippen molar-refractivity contribution in [3.8, 4) is 0 Å².